The summed E-state index contributed by atoms with van der Waals surface area (Å²) in [5.41, 5.74) is 0. The van der Waals surface area contributed by atoms with Crippen LogP contribution in [0.5, 0.6) is 0 Å². The van der Waals surface area contributed by atoms with Gasteiger partial charge in [-0.25, -0.2) is 4.57 Å². The van der Waals surface area contributed by atoms with Crippen molar-refractivity contribution in [1.29, 1.82) is 0 Å². The monoisotopic (exact) mass is 1040 g/mol. The van der Waals surface area contributed by atoms with Gasteiger partial charge in [-0.3, -0.25) is 18.6 Å². The van der Waals surface area contributed by atoms with E-state index in [4.69, 9.17) is 13.8 Å². The molecule has 0 aromatic heterocycles. The maximum Gasteiger partial charge on any atom is 0.472 e. The molecule has 0 aliphatic heterocycles. The van der Waals surface area contributed by atoms with Gasteiger partial charge in [0.15, 0.2) is 0 Å². The Bertz CT molecular complexity index is 1530. The molecule has 3 atom stereocenters. The van der Waals surface area contributed by atoms with Crippen molar-refractivity contribution in [1.82, 2.24) is 5.32 Å². The highest BCUT2D eigenvalue weighted by Crippen LogP contribution is 2.43. The van der Waals surface area contributed by atoms with Crippen LogP contribution in [0.3, 0.4) is 0 Å². The number of quaternary nitrogens is 1. The molecule has 0 aliphatic rings. The molecule has 1 amide bonds. The molecular formula is C63H114N2O7P+. The standard InChI is InChI=1S/C63H113N2O7P/c1-7-10-13-16-19-22-25-27-29-30-31-32-33-34-36-38-41-44-47-50-53-56-63(67)72-61(54-51-48-45-42-39-24-21-18-15-12-9-3)60(59-71-73(68,69)70-58-57-65(4,5)6)64-62(66)55-52-49-46-43-40-37-35-28-26-23-20-17-14-11-8-2/h10,13,19,22-23,26-27,29,31-32,34,36,51,54,60-61H,7-9,11-12,14-18,20-21,24-25,28,30,33,35,37-50,52-53,55-59H2,1-6H3,(H-,64,66,68,69)/p+1/b13-10-,22-19-,26-23-,29-27-,32-31-,36-34-,54-51-. The Morgan fingerprint density at radius 3 is 1.34 bits per heavy atom. The number of hydrogen-bond acceptors (Lipinski definition) is 6. The highest BCUT2D eigenvalue weighted by Gasteiger charge is 2.30. The SMILES string of the molecule is CC/C=C\C/C=C\C/C=C\C/C=C\C/C=C\CCCCCCCC(=O)OC(/C=C\CCCCCCCCCCC)C(COP(=O)(O)OCC[N+](C)(C)C)NC(=O)CCCCCCCCC/C=C\CCCCCC. The molecule has 0 aromatic carbocycles. The number of unbranched alkanes of at least 4 members (excludes halogenated alkanes) is 25. The fourth-order valence-electron chi connectivity index (χ4n) is 8.20. The van der Waals surface area contributed by atoms with Gasteiger partial charge in [-0.2, -0.15) is 0 Å². The van der Waals surface area contributed by atoms with Gasteiger partial charge in [-0.05, 0) is 102 Å². The zero-order valence-corrected chi connectivity index (χ0v) is 49.0. The van der Waals surface area contributed by atoms with E-state index in [2.05, 4.69) is 99.0 Å². The third-order valence-electron chi connectivity index (χ3n) is 12.8. The van der Waals surface area contributed by atoms with E-state index >= 15 is 0 Å². The molecule has 73 heavy (non-hydrogen) atoms. The lowest BCUT2D eigenvalue weighted by Crippen LogP contribution is -2.47. The maximum absolute atomic E-state index is 13.5. The molecule has 0 saturated heterocycles. The van der Waals surface area contributed by atoms with Gasteiger partial charge in [0.25, 0.3) is 0 Å². The molecule has 0 aliphatic carbocycles. The van der Waals surface area contributed by atoms with Gasteiger partial charge in [0.2, 0.25) is 5.91 Å². The van der Waals surface area contributed by atoms with E-state index < -0.39 is 20.0 Å². The number of hydrogen-bond donors (Lipinski definition) is 2. The second-order valence-electron chi connectivity index (χ2n) is 21.1. The number of nitrogens with zero attached hydrogens (tertiary/aromatic N) is 1. The minimum atomic E-state index is -4.45. The number of ether oxygens (including phenoxy) is 1. The van der Waals surface area contributed by atoms with E-state index in [0.717, 1.165) is 116 Å². The summed E-state index contributed by atoms with van der Waals surface area (Å²) in [7, 11) is 1.47. The van der Waals surface area contributed by atoms with Gasteiger partial charge in [-0.1, -0.05) is 222 Å². The third kappa shape index (κ3) is 53.8. The Balaban J connectivity index is 5.29. The Morgan fingerprint density at radius 2 is 0.877 bits per heavy atom. The summed E-state index contributed by atoms with van der Waals surface area (Å²) in [6, 6.07) is -0.861. The maximum atomic E-state index is 13.5. The first-order valence-corrected chi connectivity index (χ1v) is 31.4. The van der Waals surface area contributed by atoms with E-state index in [1.54, 1.807) is 0 Å². The zero-order valence-electron chi connectivity index (χ0n) is 48.1. The molecule has 0 fully saturated rings. The number of carbonyl (C=O) groups is 2. The minimum Gasteiger partial charge on any atom is -0.456 e. The van der Waals surface area contributed by atoms with Gasteiger partial charge in [0, 0.05) is 12.8 Å². The Hall–Kier alpha value is -2.81. The first-order valence-electron chi connectivity index (χ1n) is 29.9. The van der Waals surface area contributed by atoms with Crippen LogP contribution >= 0.6 is 7.82 Å². The number of phosphoric acid groups is 1. The second kappa shape index (κ2) is 52.6. The molecule has 0 heterocycles. The summed E-state index contributed by atoms with van der Waals surface area (Å²) in [4.78, 5) is 37.6. The molecule has 0 bridgehead atoms. The molecule has 0 radical (unpaired) electrons. The quantitative estimate of drug-likeness (QED) is 0.0205. The third-order valence-corrected chi connectivity index (χ3v) is 13.8. The molecule has 3 unspecified atom stereocenters. The minimum absolute atomic E-state index is 0.0327. The molecule has 422 valence electrons. The van der Waals surface area contributed by atoms with Crippen molar-refractivity contribution in [2.24, 2.45) is 0 Å². The number of carbonyl (C=O) groups excluding carboxylic acids is 2. The Kier molecular flexibility index (Phi) is 50.6. The molecule has 2 N–H and O–H groups in total. The van der Waals surface area contributed by atoms with Crippen LogP contribution in [0.4, 0.5) is 0 Å². The normalized spacial score (nSPS) is 14.3. The van der Waals surface area contributed by atoms with Crippen LogP contribution in [0, 0.1) is 0 Å². The molecule has 0 saturated carbocycles. The van der Waals surface area contributed by atoms with Crippen LogP contribution < -0.4 is 5.32 Å². The summed E-state index contributed by atoms with van der Waals surface area (Å²) in [6.45, 7) is 6.86. The van der Waals surface area contributed by atoms with Crippen LogP contribution in [0.25, 0.3) is 0 Å². The van der Waals surface area contributed by atoms with Crippen molar-refractivity contribution >= 4 is 19.7 Å². The van der Waals surface area contributed by atoms with E-state index in [1.165, 1.54) is 96.3 Å². The number of rotatable bonds is 53. The molecule has 10 heteroatoms. The summed E-state index contributed by atoms with van der Waals surface area (Å²) in [5.74, 6) is -0.535. The van der Waals surface area contributed by atoms with Crippen LogP contribution in [0.2, 0.25) is 0 Å². The van der Waals surface area contributed by atoms with Gasteiger partial charge in [0.05, 0.1) is 33.8 Å². The lowest BCUT2D eigenvalue weighted by Gasteiger charge is -2.27. The van der Waals surface area contributed by atoms with Gasteiger partial charge in [-0.15, -0.1) is 0 Å². The zero-order chi connectivity index (χ0) is 53.6. The van der Waals surface area contributed by atoms with Crippen molar-refractivity contribution in [2.45, 2.75) is 264 Å². The largest absolute Gasteiger partial charge is 0.472 e. The van der Waals surface area contributed by atoms with Crippen molar-refractivity contribution in [3.05, 3.63) is 85.1 Å². The van der Waals surface area contributed by atoms with Crippen LogP contribution in [-0.4, -0.2) is 74.3 Å². The Labute approximate surface area is 450 Å². The fraction of sp³-hybridized carbons (Fsp3) is 0.746. The first-order chi connectivity index (χ1) is 35.4. The summed E-state index contributed by atoms with van der Waals surface area (Å²) in [6.07, 6.45) is 68.6. The number of nitrogens with one attached hydrogen (secondary N) is 1. The van der Waals surface area contributed by atoms with Crippen molar-refractivity contribution in [3.63, 3.8) is 0 Å². The predicted octanol–water partition coefficient (Wildman–Crippen LogP) is 18.2. The molecule has 0 aromatic rings. The van der Waals surface area contributed by atoms with Crippen molar-refractivity contribution < 1.29 is 37.3 Å². The predicted molar refractivity (Wildman–Crippen MR) is 314 cm³/mol. The van der Waals surface area contributed by atoms with Gasteiger partial charge >= 0.3 is 13.8 Å². The fourth-order valence-corrected chi connectivity index (χ4v) is 8.93. The molecule has 9 nitrogen and oxygen atoms in total. The average molecular weight is 1040 g/mol. The smallest absolute Gasteiger partial charge is 0.456 e. The van der Waals surface area contributed by atoms with Crippen molar-refractivity contribution in [2.75, 3.05) is 40.9 Å². The van der Waals surface area contributed by atoms with E-state index in [-0.39, 0.29) is 31.5 Å². The lowest BCUT2D eigenvalue weighted by molar-refractivity contribution is -0.870. The van der Waals surface area contributed by atoms with E-state index in [9.17, 15) is 19.0 Å². The summed E-state index contributed by atoms with van der Waals surface area (Å²) >= 11 is 0. The summed E-state index contributed by atoms with van der Waals surface area (Å²) in [5, 5.41) is 3.04. The summed E-state index contributed by atoms with van der Waals surface area (Å²) < 4.78 is 30.6. The average Bonchev–Trinajstić information content (AvgIpc) is 3.35. The van der Waals surface area contributed by atoms with Crippen molar-refractivity contribution in [3.8, 4) is 0 Å². The number of amides is 1. The number of allylic oxidation sites excluding steroid dienone is 13. The molecule has 0 rings (SSSR count). The highest BCUT2D eigenvalue weighted by atomic mass is 31.2. The van der Waals surface area contributed by atoms with E-state index in [1.807, 2.05) is 33.3 Å². The number of phosphoric ester groups is 1. The molecular weight excluding hydrogens is 928 g/mol. The molecule has 0 spiro atoms. The van der Waals surface area contributed by atoms with Crippen LogP contribution in [-0.2, 0) is 27.9 Å². The van der Waals surface area contributed by atoms with Gasteiger partial charge < -0.3 is 19.4 Å². The second-order valence-corrected chi connectivity index (χ2v) is 22.6. The number of esters is 1. The van der Waals surface area contributed by atoms with Crippen LogP contribution in [0.15, 0.2) is 85.1 Å². The van der Waals surface area contributed by atoms with Crippen LogP contribution in [0.1, 0.15) is 252 Å². The lowest BCUT2D eigenvalue weighted by atomic mass is 10.1. The highest BCUT2D eigenvalue weighted by molar-refractivity contribution is 7.47. The first kappa shape index (κ1) is 70.2. The van der Waals surface area contributed by atoms with E-state index in [0.29, 0.717) is 23.9 Å². The Morgan fingerprint density at radius 1 is 0.493 bits per heavy atom. The topological polar surface area (TPSA) is 111 Å². The van der Waals surface area contributed by atoms with Gasteiger partial charge in [0.1, 0.15) is 19.3 Å². The number of likely N-dealkylation sites (N-methyl/N-ethyl adjacent to an activating group) is 1.